The predicted octanol–water partition coefficient (Wildman–Crippen LogP) is 3.55. The molecule has 0 radical (unpaired) electrons. The molecule has 152 valence electrons. The van der Waals surface area contributed by atoms with Crippen molar-refractivity contribution in [1.29, 1.82) is 0 Å². The number of hydrogen-bond donors (Lipinski definition) is 2. The van der Waals surface area contributed by atoms with Gasteiger partial charge in [-0.2, -0.15) is 0 Å². The predicted molar refractivity (Wildman–Crippen MR) is 122 cm³/mol. The van der Waals surface area contributed by atoms with Crippen molar-refractivity contribution in [2.75, 3.05) is 19.6 Å². The third-order valence-corrected chi connectivity index (χ3v) is 4.03. The van der Waals surface area contributed by atoms with E-state index in [0.717, 1.165) is 11.1 Å². The minimum atomic E-state index is -0.267. The summed E-state index contributed by atoms with van der Waals surface area (Å²) in [6.07, 6.45) is 0. The minimum absolute atomic E-state index is 0. The molecule has 1 amide bonds. The molecule has 0 saturated carbocycles. The van der Waals surface area contributed by atoms with Gasteiger partial charge in [-0.05, 0) is 37.1 Å². The van der Waals surface area contributed by atoms with Crippen molar-refractivity contribution in [3.8, 4) is 0 Å². The number of rotatable bonds is 8. The second kappa shape index (κ2) is 13.1. The van der Waals surface area contributed by atoms with Crippen LogP contribution in [0.4, 0.5) is 4.39 Å². The molecule has 28 heavy (non-hydrogen) atoms. The summed E-state index contributed by atoms with van der Waals surface area (Å²) in [4.78, 5) is 18.8. The Morgan fingerprint density at radius 1 is 1.00 bits per heavy atom. The molecule has 0 aliphatic heterocycles. The molecule has 0 atom stereocenters. The van der Waals surface area contributed by atoms with Crippen molar-refractivity contribution in [2.24, 2.45) is 4.99 Å². The molecule has 2 N–H and O–H groups in total. The van der Waals surface area contributed by atoms with E-state index in [1.165, 1.54) is 12.1 Å². The Morgan fingerprint density at radius 3 is 2.29 bits per heavy atom. The van der Waals surface area contributed by atoms with E-state index < -0.39 is 0 Å². The number of benzene rings is 2. The standard InChI is InChI=1S/C21H27FN4O.HI/c1-3-23-21(24-14-17-10-12-19(22)13-11-17)25-15-20(27)26(4-2)16-18-8-6-5-7-9-18;/h5-13H,3-4,14-16H2,1-2H3,(H2,23,24,25);1H. The van der Waals surface area contributed by atoms with E-state index in [2.05, 4.69) is 15.6 Å². The fourth-order valence-corrected chi connectivity index (χ4v) is 2.55. The molecular formula is C21H28FIN4O. The maximum absolute atomic E-state index is 13.0. The summed E-state index contributed by atoms with van der Waals surface area (Å²) in [6, 6.07) is 16.2. The Balaban J connectivity index is 0.00000392. The van der Waals surface area contributed by atoms with E-state index in [-0.39, 0.29) is 42.2 Å². The van der Waals surface area contributed by atoms with Crippen LogP contribution in [0.1, 0.15) is 25.0 Å². The smallest absolute Gasteiger partial charge is 0.242 e. The van der Waals surface area contributed by atoms with Crippen LogP contribution in [0.2, 0.25) is 0 Å². The van der Waals surface area contributed by atoms with Crippen LogP contribution < -0.4 is 10.6 Å². The Bertz CT molecular complexity index is 738. The van der Waals surface area contributed by atoms with E-state index in [1.54, 1.807) is 17.0 Å². The molecule has 0 aromatic heterocycles. The minimum Gasteiger partial charge on any atom is -0.357 e. The summed E-state index contributed by atoms with van der Waals surface area (Å²) in [5.74, 6) is 0.302. The fraction of sp³-hybridized carbons (Fsp3) is 0.333. The lowest BCUT2D eigenvalue weighted by molar-refractivity contribution is -0.130. The van der Waals surface area contributed by atoms with Crippen LogP contribution in [0.3, 0.4) is 0 Å². The third-order valence-electron chi connectivity index (χ3n) is 4.03. The summed E-state index contributed by atoms with van der Waals surface area (Å²) in [5.41, 5.74) is 2.00. The van der Waals surface area contributed by atoms with Gasteiger partial charge in [0.15, 0.2) is 5.96 Å². The maximum Gasteiger partial charge on any atom is 0.242 e. The van der Waals surface area contributed by atoms with Gasteiger partial charge in [-0.3, -0.25) is 4.79 Å². The first kappa shape index (κ1) is 23.9. The molecule has 0 aliphatic carbocycles. The van der Waals surface area contributed by atoms with E-state index in [9.17, 15) is 9.18 Å². The molecule has 0 spiro atoms. The molecule has 2 aromatic rings. The van der Waals surface area contributed by atoms with Crippen molar-refractivity contribution < 1.29 is 9.18 Å². The topological polar surface area (TPSA) is 56.7 Å². The highest BCUT2D eigenvalue weighted by atomic mass is 127. The molecule has 7 heteroatoms. The molecule has 0 fully saturated rings. The van der Waals surface area contributed by atoms with Crippen LogP contribution in [0.5, 0.6) is 0 Å². The Labute approximate surface area is 183 Å². The summed E-state index contributed by atoms with van der Waals surface area (Å²) in [5, 5.41) is 6.20. The monoisotopic (exact) mass is 498 g/mol. The third kappa shape index (κ3) is 8.24. The van der Waals surface area contributed by atoms with Crippen molar-refractivity contribution in [1.82, 2.24) is 15.5 Å². The zero-order valence-corrected chi connectivity index (χ0v) is 18.7. The van der Waals surface area contributed by atoms with E-state index in [1.807, 2.05) is 44.2 Å². The normalized spacial score (nSPS) is 10.8. The summed E-state index contributed by atoms with van der Waals surface area (Å²) in [6.45, 7) is 6.41. The zero-order chi connectivity index (χ0) is 19.5. The van der Waals surface area contributed by atoms with Crippen LogP contribution in [0.25, 0.3) is 0 Å². The average molecular weight is 498 g/mol. The number of amides is 1. The second-order valence-electron chi connectivity index (χ2n) is 6.07. The highest BCUT2D eigenvalue weighted by Crippen LogP contribution is 2.05. The van der Waals surface area contributed by atoms with Gasteiger partial charge in [-0.15, -0.1) is 24.0 Å². The van der Waals surface area contributed by atoms with Crippen LogP contribution in [-0.2, 0) is 17.9 Å². The van der Waals surface area contributed by atoms with E-state index >= 15 is 0 Å². The number of halogens is 2. The number of carbonyl (C=O) groups is 1. The highest BCUT2D eigenvalue weighted by molar-refractivity contribution is 14.0. The maximum atomic E-state index is 13.0. The Morgan fingerprint density at radius 2 is 1.68 bits per heavy atom. The van der Waals surface area contributed by atoms with Crippen molar-refractivity contribution >= 4 is 35.8 Å². The number of hydrogen-bond acceptors (Lipinski definition) is 2. The van der Waals surface area contributed by atoms with Crippen LogP contribution in [0.15, 0.2) is 59.6 Å². The summed E-state index contributed by atoms with van der Waals surface area (Å²) < 4.78 is 13.0. The molecule has 0 saturated heterocycles. The molecule has 0 heterocycles. The van der Waals surface area contributed by atoms with Crippen molar-refractivity contribution in [2.45, 2.75) is 26.9 Å². The molecule has 0 aliphatic rings. The van der Waals surface area contributed by atoms with Gasteiger partial charge in [0.2, 0.25) is 5.91 Å². The quantitative estimate of drug-likeness (QED) is 0.333. The number of guanidine groups is 1. The first-order valence-corrected chi connectivity index (χ1v) is 9.20. The van der Waals surface area contributed by atoms with Crippen molar-refractivity contribution in [3.05, 3.63) is 71.5 Å². The largest absolute Gasteiger partial charge is 0.357 e. The van der Waals surface area contributed by atoms with Gasteiger partial charge in [-0.25, -0.2) is 9.38 Å². The Kier molecular flexibility index (Phi) is 11.2. The Hall–Kier alpha value is -2.16. The lowest BCUT2D eigenvalue weighted by Gasteiger charge is -2.22. The highest BCUT2D eigenvalue weighted by Gasteiger charge is 2.12. The zero-order valence-electron chi connectivity index (χ0n) is 16.3. The summed E-state index contributed by atoms with van der Waals surface area (Å²) in [7, 11) is 0. The van der Waals surface area contributed by atoms with Gasteiger partial charge in [0.05, 0.1) is 13.1 Å². The number of aliphatic imine (C=N–C) groups is 1. The molecule has 2 aromatic carbocycles. The van der Waals surface area contributed by atoms with Gasteiger partial charge in [0, 0.05) is 19.6 Å². The van der Waals surface area contributed by atoms with Crippen LogP contribution in [-0.4, -0.2) is 36.4 Å². The van der Waals surface area contributed by atoms with Gasteiger partial charge < -0.3 is 15.5 Å². The van der Waals surface area contributed by atoms with Gasteiger partial charge in [0.1, 0.15) is 5.82 Å². The second-order valence-corrected chi connectivity index (χ2v) is 6.07. The fourth-order valence-electron chi connectivity index (χ4n) is 2.55. The van der Waals surface area contributed by atoms with Crippen LogP contribution in [0, 0.1) is 5.82 Å². The molecular weight excluding hydrogens is 470 g/mol. The number of likely N-dealkylation sites (N-methyl/N-ethyl adjacent to an activating group) is 1. The molecule has 5 nitrogen and oxygen atoms in total. The van der Waals surface area contributed by atoms with Gasteiger partial charge in [0.25, 0.3) is 0 Å². The van der Waals surface area contributed by atoms with E-state index in [0.29, 0.717) is 32.1 Å². The number of nitrogens with zero attached hydrogens (tertiary/aromatic N) is 2. The number of nitrogens with one attached hydrogen (secondary N) is 2. The number of carbonyl (C=O) groups excluding carboxylic acids is 1. The summed E-state index contributed by atoms with van der Waals surface area (Å²) >= 11 is 0. The molecule has 2 rings (SSSR count). The lowest BCUT2D eigenvalue weighted by atomic mass is 10.2. The first-order chi connectivity index (χ1) is 13.1. The first-order valence-electron chi connectivity index (χ1n) is 9.20. The van der Waals surface area contributed by atoms with Gasteiger partial charge in [-0.1, -0.05) is 42.5 Å². The van der Waals surface area contributed by atoms with Crippen molar-refractivity contribution in [3.63, 3.8) is 0 Å². The SMILES string of the molecule is CCNC(=NCc1ccc(F)cc1)NCC(=O)N(CC)Cc1ccccc1.I. The molecule has 0 unspecified atom stereocenters. The van der Waals surface area contributed by atoms with Gasteiger partial charge >= 0.3 is 0 Å². The van der Waals surface area contributed by atoms with E-state index in [4.69, 9.17) is 0 Å². The van der Waals surface area contributed by atoms with Crippen LogP contribution >= 0.6 is 24.0 Å². The molecule has 0 bridgehead atoms. The average Bonchev–Trinajstić information content (AvgIpc) is 2.70. The lowest BCUT2D eigenvalue weighted by Crippen LogP contribution is -2.44.